The number of rotatable bonds is 6. The van der Waals surface area contributed by atoms with Gasteiger partial charge in [-0.05, 0) is 31.0 Å². The second-order valence-electron chi connectivity index (χ2n) is 7.92. The van der Waals surface area contributed by atoms with Crippen LogP contribution in [-0.2, 0) is 13.1 Å². The van der Waals surface area contributed by atoms with Gasteiger partial charge in [-0.25, -0.2) is 4.98 Å². The highest BCUT2D eigenvalue weighted by Crippen LogP contribution is 2.41. The Morgan fingerprint density at radius 1 is 1.17 bits per heavy atom. The molecule has 0 atom stereocenters. The Kier molecular flexibility index (Phi) is 4.81. The SMILES string of the molecule is O=c1c2ccc(N3CCN(Cc4cnoc4C4CC4)CC3)cc2ncn1CCO. The number of hydrogen-bond donors (Lipinski definition) is 1. The van der Waals surface area contributed by atoms with E-state index in [1.165, 1.54) is 29.3 Å². The van der Waals surface area contributed by atoms with Crippen LogP contribution in [0.1, 0.15) is 30.1 Å². The first kappa shape index (κ1) is 18.3. The number of anilines is 1. The first-order valence-corrected chi connectivity index (χ1v) is 10.2. The highest BCUT2D eigenvalue weighted by molar-refractivity contribution is 5.81. The molecule has 2 aromatic heterocycles. The molecule has 8 heteroatoms. The summed E-state index contributed by atoms with van der Waals surface area (Å²) in [5, 5.41) is 13.7. The summed E-state index contributed by atoms with van der Waals surface area (Å²) in [4.78, 5) is 21.7. The molecular weight excluding hydrogens is 370 g/mol. The minimum Gasteiger partial charge on any atom is -0.395 e. The smallest absolute Gasteiger partial charge is 0.261 e. The normalized spacial score (nSPS) is 17.9. The Labute approximate surface area is 168 Å². The fourth-order valence-electron chi connectivity index (χ4n) is 4.09. The summed E-state index contributed by atoms with van der Waals surface area (Å²) >= 11 is 0. The minimum absolute atomic E-state index is 0.0769. The third-order valence-corrected chi connectivity index (χ3v) is 5.91. The lowest BCUT2D eigenvalue weighted by atomic mass is 10.1. The number of piperazine rings is 1. The van der Waals surface area contributed by atoms with Crippen molar-refractivity contribution in [2.24, 2.45) is 0 Å². The van der Waals surface area contributed by atoms with Crippen LogP contribution < -0.4 is 10.5 Å². The molecule has 8 nitrogen and oxygen atoms in total. The molecule has 0 radical (unpaired) electrons. The van der Waals surface area contributed by atoms with Gasteiger partial charge in [0.25, 0.3) is 5.56 Å². The lowest BCUT2D eigenvalue weighted by Crippen LogP contribution is -2.46. The first-order valence-electron chi connectivity index (χ1n) is 10.2. The lowest BCUT2D eigenvalue weighted by molar-refractivity contribution is 0.247. The molecule has 0 unspecified atom stereocenters. The van der Waals surface area contributed by atoms with Gasteiger partial charge in [-0.2, -0.15) is 0 Å². The first-order chi connectivity index (χ1) is 14.2. The molecule has 1 aromatic carbocycles. The number of aliphatic hydroxyl groups excluding tert-OH is 1. The topological polar surface area (TPSA) is 87.6 Å². The summed E-state index contributed by atoms with van der Waals surface area (Å²) in [5.41, 5.74) is 2.91. The van der Waals surface area contributed by atoms with Gasteiger partial charge in [0, 0.05) is 49.9 Å². The number of nitrogens with zero attached hydrogens (tertiary/aromatic N) is 5. The Bertz CT molecular complexity index is 1060. The quantitative estimate of drug-likeness (QED) is 0.678. The number of fused-ring (bicyclic) bond motifs is 1. The van der Waals surface area contributed by atoms with E-state index in [0.29, 0.717) is 16.8 Å². The van der Waals surface area contributed by atoms with Crippen LogP contribution in [0.15, 0.2) is 40.0 Å². The van der Waals surface area contributed by atoms with Gasteiger partial charge >= 0.3 is 0 Å². The standard InChI is InChI=1S/C21H25N5O3/c27-10-9-26-14-22-19-11-17(3-4-18(19)21(26)28)25-7-5-24(6-8-25)13-16-12-23-29-20(16)15-1-2-15/h3-4,11-12,14-15,27H,1-2,5-10,13H2. The zero-order valence-electron chi connectivity index (χ0n) is 16.3. The molecule has 3 heterocycles. The molecular formula is C21H25N5O3. The Balaban J connectivity index is 1.26. The molecule has 1 N–H and O–H groups in total. The van der Waals surface area contributed by atoms with Gasteiger partial charge in [-0.3, -0.25) is 14.3 Å². The van der Waals surface area contributed by atoms with Crippen LogP contribution in [0, 0.1) is 0 Å². The van der Waals surface area contributed by atoms with Gasteiger partial charge in [0.15, 0.2) is 0 Å². The fraction of sp³-hybridized carbons (Fsp3) is 0.476. The van der Waals surface area contributed by atoms with Crippen LogP contribution in [0.25, 0.3) is 10.9 Å². The zero-order valence-corrected chi connectivity index (χ0v) is 16.3. The third kappa shape index (κ3) is 3.65. The van der Waals surface area contributed by atoms with Gasteiger partial charge in [0.2, 0.25) is 0 Å². The fourth-order valence-corrected chi connectivity index (χ4v) is 4.09. The van der Waals surface area contributed by atoms with E-state index in [9.17, 15) is 4.79 Å². The number of benzene rings is 1. The molecule has 152 valence electrons. The molecule has 1 saturated heterocycles. The maximum Gasteiger partial charge on any atom is 0.261 e. The molecule has 1 aliphatic carbocycles. The van der Waals surface area contributed by atoms with Gasteiger partial charge in [-0.15, -0.1) is 0 Å². The highest BCUT2D eigenvalue weighted by atomic mass is 16.5. The van der Waals surface area contributed by atoms with Crippen molar-refractivity contribution in [3.63, 3.8) is 0 Å². The van der Waals surface area contributed by atoms with Crippen molar-refractivity contribution in [1.29, 1.82) is 0 Å². The van der Waals surface area contributed by atoms with Crippen LogP contribution >= 0.6 is 0 Å². The summed E-state index contributed by atoms with van der Waals surface area (Å²) in [6, 6.07) is 5.83. The van der Waals surface area contributed by atoms with E-state index in [0.717, 1.165) is 44.2 Å². The number of aliphatic hydroxyl groups is 1. The molecule has 0 spiro atoms. The summed E-state index contributed by atoms with van der Waals surface area (Å²) in [5.74, 6) is 1.67. The Hall–Kier alpha value is -2.71. The molecule has 1 saturated carbocycles. The predicted molar refractivity (Wildman–Crippen MR) is 109 cm³/mol. The van der Waals surface area contributed by atoms with E-state index in [4.69, 9.17) is 9.63 Å². The molecule has 0 bridgehead atoms. The second kappa shape index (κ2) is 7.61. The Morgan fingerprint density at radius 2 is 2.00 bits per heavy atom. The summed E-state index contributed by atoms with van der Waals surface area (Å²) in [6.45, 7) is 4.88. The minimum atomic E-state index is -0.111. The summed E-state index contributed by atoms with van der Waals surface area (Å²) in [7, 11) is 0. The van der Waals surface area contributed by atoms with Crippen molar-refractivity contribution >= 4 is 16.6 Å². The van der Waals surface area contributed by atoms with Crippen molar-refractivity contribution in [2.45, 2.75) is 31.8 Å². The predicted octanol–water partition coefficient (Wildman–Crippen LogP) is 1.58. The maximum atomic E-state index is 12.5. The van der Waals surface area contributed by atoms with Crippen molar-refractivity contribution < 1.29 is 9.63 Å². The molecule has 2 fully saturated rings. The molecule has 0 amide bonds. The van der Waals surface area contributed by atoms with Crippen LogP contribution in [0.3, 0.4) is 0 Å². The third-order valence-electron chi connectivity index (χ3n) is 5.91. The van der Waals surface area contributed by atoms with Crippen molar-refractivity contribution in [2.75, 3.05) is 37.7 Å². The van der Waals surface area contributed by atoms with Crippen molar-refractivity contribution in [3.8, 4) is 0 Å². The van der Waals surface area contributed by atoms with Gasteiger partial charge in [-0.1, -0.05) is 5.16 Å². The van der Waals surface area contributed by atoms with E-state index in [1.54, 1.807) is 0 Å². The van der Waals surface area contributed by atoms with Crippen LogP contribution in [0.4, 0.5) is 5.69 Å². The van der Waals surface area contributed by atoms with E-state index in [-0.39, 0.29) is 18.7 Å². The average Bonchev–Trinajstić information content (AvgIpc) is 3.49. The average molecular weight is 395 g/mol. The zero-order chi connectivity index (χ0) is 19.8. The second-order valence-corrected chi connectivity index (χ2v) is 7.92. The summed E-state index contributed by atoms with van der Waals surface area (Å²) in [6.07, 6.45) is 5.83. The molecule has 5 rings (SSSR count). The Morgan fingerprint density at radius 3 is 2.76 bits per heavy atom. The van der Waals surface area contributed by atoms with E-state index in [1.807, 2.05) is 24.4 Å². The van der Waals surface area contributed by atoms with Gasteiger partial charge in [0.1, 0.15) is 5.76 Å². The number of hydrogen-bond acceptors (Lipinski definition) is 7. The van der Waals surface area contributed by atoms with Crippen LogP contribution in [0.2, 0.25) is 0 Å². The lowest BCUT2D eigenvalue weighted by Gasteiger charge is -2.36. The molecule has 1 aliphatic heterocycles. The highest BCUT2D eigenvalue weighted by Gasteiger charge is 2.31. The largest absolute Gasteiger partial charge is 0.395 e. The van der Waals surface area contributed by atoms with Crippen molar-refractivity contribution in [3.05, 3.63) is 52.4 Å². The molecule has 29 heavy (non-hydrogen) atoms. The van der Waals surface area contributed by atoms with Crippen LogP contribution in [0.5, 0.6) is 0 Å². The summed E-state index contributed by atoms with van der Waals surface area (Å²) < 4.78 is 6.91. The van der Waals surface area contributed by atoms with E-state index < -0.39 is 0 Å². The monoisotopic (exact) mass is 395 g/mol. The van der Waals surface area contributed by atoms with Crippen LogP contribution in [-0.4, -0.2) is 57.5 Å². The van der Waals surface area contributed by atoms with Crippen molar-refractivity contribution in [1.82, 2.24) is 19.6 Å². The molecule has 2 aliphatic rings. The number of aromatic nitrogens is 3. The maximum absolute atomic E-state index is 12.5. The molecule has 3 aromatic rings. The van der Waals surface area contributed by atoms with E-state index >= 15 is 0 Å². The van der Waals surface area contributed by atoms with E-state index in [2.05, 4.69) is 19.9 Å². The van der Waals surface area contributed by atoms with Gasteiger partial charge < -0.3 is 14.5 Å². The van der Waals surface area contributed by atoms with Gasteiger partial charge in [0.05, 0.1) is 36.6 Å².